The Morgan fingerprint density at radius 1 is 0.960 bits per heavy atom. The third kappa shape index (κ3) is 4.02. The summed E-state index contributed by atoms with van der Waals surface area (Å²) >= 11 is 5.84. The van der Waals surface area contributed by atoms with E-state index in [0.717, 1.165) is 0 Å². The van der Waals surface area contributed by atoms with Crippen molar-refractivity contribution in [2.45, 2.75) is 38.4 Å². The van der Waals surface area contributed by atoms with Crippen molar-refractivity contribution in [3.05, 3.63) is 64.7 Å². The highest BCUT2D eigenvalue weighted by molar-refractivity contribution is 6.30. The van der Waals surface area contributed by atoms with E-state index in [9.17, 15) is 9.59 Å². The van der Waals surface area contributed by atoms with E-state index in [0.29, 0.717) is 34.7 Å². The molecule has 0 aliphatic heterocycles. The van der Waals surface area contributed by atoms with Crippen LogP contribution in [0.5, 0.6) is 5.75 Å². The number of ketones is 1. The molecule has 4 nitrogen and oxygen atoms in total. The number of rotatable bonds is 6. The van der Waals surface area contributed by atoms with Crippen LogP contribution in [0.25, 0.3) is 0 Å². The maximum Gasteiger partial charge on any atom is 0.350 e. The van der Waals surface area contributed by atoms with Crippen LogP contribution in [0.2, 0.25) is 5.02 Å². The fourth-order valence-corrected chi connectivity index (χ4v) is 2.58. The lowest BCUT2D eigenvalue weighted by Gasteiger charge is -2.18. The summed E-state index contributed by atoms with van der Waals surface area (Å²) in [5.41, 5.74) is 0.243. The number of hydrogen-bond donors (Lipinski definition) is 0. The Bertz CT molecular complexity index is 774. The molecule has 0 saturated heterocycles. The molecule has 25 heavy (non-hydrogen) atoms. The average Bonchev–Trinajstić information content (AvgIpc) is 3.36. The van der Waals surface area contributed by atoms with Gasteiger partial charge in [-0.3, -0.25) is 4.79 Å². The number of esters is 1. The molecule has 0 spiro atoms. The Balaban J connectivity index is 1.69. The molecular formula is C20H19ClO4. The molecule has 0 amide bonds. The normalized spacial score (nSPS) is 14.9. The Labute approximate surface area is 151 Å². The number of hydrogen-bond acceptors (Lipinski definition) is 4. The van der Waals surface area contributed by atoms with Gasteiger partial charge in [-0.15, -0.1) is 0 Å². The molecule has 0 N–H and O–H groups in total. The maximum absolute atomic E-state index is 12.4. The van der Waals surface area contributed by atoms with Crippen molar-refractivity contribution < 1.29 is 19.1 Å². The van der Waals surface area contributed by atoms with Crippen LogP contribution < -0.4 is 4.74 Å². The van der Waals surface area contributed by atoms with Crippen molar-refractivity contribution in [1.82, 2.24) is 0 Å². The minimum atomic E-state index is -0.869. The van der Waals surface area contributed by atoms with Crippen LogP contribution in [0.15, 0.2) is 48.5 Å². The van der Waals surface area contributed by atoms with Crippen molar-refractivity contribution in [3.63, 3.8) is 0 Å². The molecule has 1 saturated carbocycles. The summed E-state index contributed by atoms with van der Waals surface area (Å²) in [5, 5.41) is 0.586. The van der Waals surface area contributed by atoms with Crippen LogP contribution in [-0.4, -0.2) is 23.5 Å². The lowest BCUT2D eigenvalue weighted by Crippen LogP contribution is -2.33. The summed E-state index contributed by atoms with van der Waals surface area (Å²) in [6.07, 6.45) is 1.11. The molecule has 1 fully saturated rings. The Kier molecular flexibility index (Phi) is 4.82. The van der Waals surface area contributed by atoms with Gasteiger partial charge in [0.25, 0.3) is 0 Å². The second kappa shape index (κ2) is 6.89. The minimum Gasteiger partial charge on any atom is -0.476 e. The van der Waals surface area contributed by atoms with E-state index in [2.05, 4.69) is 0 Å². The average molecular weight is 359 g/mol. The predicted octanol–water partition coefficient (Wildman–Crippen LogP) is 4.43. The molecule has 0 bridgehead atoms. The van der Waals surface area contributed by atoms with Crippen LogP contribution in [0.1, 0.15) is 42.6 Å². The van der Waals surface area contributed by atoms with Crippen LogP contribution >= 0.6 is 11.6 Å². The second-order valence-corrected chi connectivity index (χ2v) is 6.85. The zero-order valence-electron chi connectivity index (χ0n) is 14.1. The van der Waals surface area contributed by atoms with Crippen molar-refractivity contribution in [3.8, 4) is 5.75 Å². The first-order valence-corrected chi connectivity index (χ1v) is 8.58. The van der Waals surface area contributed by atoms with Gasteiger partial charge in [-0.25, -0.2) is 4.79 Å². The highest BCUT2D eigenvalue weighted by atomic mass is 35.5. The van der Waals surface area contributed by atoms with Gasteiger partial charge < -0.3 is 9.47 Å². The summed E-state index contributed by atoms with van der Waals surface area (Å²) in [7, 11) is 0. The van der Waals surface area contributed by atoms with E-state index < -0.39 is 5.60 Å². The number of benzene rings is 2. The topological polar surface area (TPSA) is 52.6 Å². The molecule has 0 aromatic heterocycles. The molecule has 0 unspecified atom stereocenters. The highest BCUT2D eigenvalue weighted by Gasteiger charge is 2.54. The van der Waals surface area contributed by atoms with Gasteiger partial charge in [0.05, 0.1) is 6.10 Å². The molecule has 130 valence electrons. The van der Waals surface area contributed by atoms with E-state index in [1.165, 1.54) is 0 Å². The van der Waals surface area contributed by atoms with Gasteiger partial charge in [0.1, 0.15) is 5.75 Å². The molecular weight excluding hydrogens is 340 g/mol. The molecule has 1 aliphatic carbocycles. The van der Waals surface area contributed by atoms with E-state index in [4.69, 9.17) is 21.1 Å². The Morgan fingerprint density at radius 2 is 1.48 bits per heavy atom. The van der Waals surface area contributed by atoms with Gasteiger partial charge in [0.2, 0.25) is 5.60 Å². The molecule has 0 heterocycles. The van der Waals surface area contributed by atoms with Gasteiger partial charge in [0, 0.05) is 29.0 Å². The smallest absolute Gasteiger partial charge is 0.350 e. The molecule has 5 heteroatoms. The molecule has 3 rings (SSSR count). The lowest BCUT2D eigenvalue weighted by atomic mass is 10.0. The number of carbonyl (C=O) groups is 2. The van der Waals surface area contributed by atoms with Crippen LogP contribution in [0.3, 0.4) is 0 Å². The fraction of sp³-hybridized carbons (Fsp3) is 0.300. The summed E-state index contributed by atoms with van der Waals surface area (Å²) < 4.78 is 11.1. The van der Waals surface area contributed by atoms with Crippen LogP contribution in [-0.2, 0) is 9.53 Å². The standard InChI is InChI=1S/C20H19ClO4/c1-13(2)24-19(23)20(11-12-20)25-17-9-5-15(6-10-17)18(22)14-3-7-16(21)8-4-14/h3-10,13H,11-12H2,1-2H3. The number of carbonyl (C=O) groups excluding carboxylic acids is 2. The maximum atomic E-state index is 12.4. The zero-order valence-corrected chi connectivity index (χ0v) is 14.9. The van der Waals surface area contributed by atoms with Gasteiger partial charge in [-0.1, -0.05) is 11.6 Å². The second-order valence-electron chi connectivity index (χ2n) is 6.41. The van der Waals surface area contributed by atoms with Crippen molar-refractivity contribution in [2.24, 2.45) is 0 Å². The van der Waals surface area contributed by atoms with Gasteiger partial charge in [-0.2, -0.15) is 0 Å². The summed E-state index contributed by atoms with van der Waals surface area (Å²) in [5.74, 6) is 0.123. The first kappa shape index (κ1) is 17.5. The first-order valence-electron chi connectivity index (χ1n) is 8.20. The number of ether oxygens (including phenoxy) is 2. The van der Waals surface area contributed by atoms with Crippen molar-refractivity contribution in [2.75, 3.05) is 0 Å². The lowest BCUT2D eigenvalue weighted by molar-refractivity contribution is -0.158. The van der Waals surface area contributed by atoms with Gasteiger partial charge in [0.15, 0.2) is 5.78 Å². The van der Waals surface area contributed by atoms with E-state index in [-0.39, 0.29) is 17.9 Å². The largest absolute Gasteiger partial charge is 0.476 e. The molecule has 1 aliphatic rings. The first-order chi connectivity index (χ1) is 11.9. The molecule has 0 atom stereocenters. The minimum absolute atomic E-state index is 0.0939. The summed E-state index contributed by atoms with van der Waals surface area (Å²) in [6.45, 7) is 3.62. The van der Waals surface area contributed by atoms with Gasteiger partial charge >= 0.3 is 5.97 Å². The quantitative estimate of drug-likeness (QED) is 0.566. The summed E-state index contributed by atoms with van der Waals surface area (Å²) in [4.78, 5) is 24.6. The molecule has 2 aromatic carbocycles. The highest BCUT2D eigenvalue weighted by Crippen LogP contribution is 2.41. The van der Waals surface area contributed by atoms with Crippen molar-refractivity contribution >= 4 is 23.4 Å². The predicted molar refractivity (Wildman–Crippen MR) is 95.1 cm³/mol. The van der Waals surface area contributed by atoms with Crippen LogP contribution in [0, 0.1) is 0 Å². The zero-order chi connectivity index (χ0) is 18.0. The van der Waals surface area contributed by atoms with Crippen LogP contribution in [0.4, 0.5) is 0 Å². The third-order valence-electron chi connectivity index (χ3n) is 3.96. The van der Waals surface area contributed by atoms with E-state index >= 15 is 0 Å². The third-order valence-corrected chi connectivity index (χ3v) is 4.21. The number of halogens is 1. The van der Waals surface area contributed by atoms with Gasteiger partial charge in [-0.05, 0) is 62.4 Å². The molecule has 2 aromatic rings. The fourth-order valence-electron chi connectivity index (χ4n) is 2.45. The Hall–Kier alpha value is -2.33. The van der Waals surface area contributed by atoms with E-state index in [1.54, 1.807) is 48.5 Å². The Morgan fingerprint density at radius 3 is 1.96 bits per heavy atom. The summed E-state index contributed by atoms with van der Waals surface area (Å²) in [6, 6.07) is 13.5. The molecule has 0 radical (unpaired) electrons. The SMILES string of the molecule is CC(C)OC(=O)C1(Oc2ccc(C(=O)c3ccc(Cl)cc3)cc2)CC1. The van der Waals surface area contributed by atoms with E-state index in [1.807, 2.05) is 13.8 Å². The van der Waals surface area contributed by atoms with Crippen molar-refractivity contribution in [1.29, 1.82) is 0 Å². The monoisotopic (exact) mass is 358 g/mol.